The molecule has 2 aliphatic rings. The number of fused-ring (bicyclic) bond motifs is 4. The van der Waals surface area contributed by atoms with Gasteiger partial charge in [0.25, 0.3) is 0 Å². The Morgan fingerprint density at radius 1 is 1.39 bits per heavy atom. The second-order valence-corrected chi connectivity index (χ2v) is 7.44. The van der Waals surface area contributed by atoms with Crippen molar-refractivity contribution in [3.8, 4) is 28.4 Å². The summed E-state index contributed by atoms with van der Waals surface area (Å²) in [7, 11) is 1.57. The van der Waals surface area contributed by atoms with Crippen LogP contribution in [0.25, 0.3) is 21.9 Å². The molecule has 5 rings (SSSR count). The molecule has 1 aliphatic carbocycles. The van der Waals surface area contributed by atoms with Crippen LogP contribution in [0.2, 0.25) is 0 Å². The number of aromatic nitrogens is 1. The van der Waals surface area contributed by atoms with Crippen LogP contribution < -0.4 is 25.6 Å². The molecular weight excluding hydrogens is 384 g/mol. The van der Waals surface area contributed by atoms with Gasteiger partial charge in [0.15, 0.2) is 11.5 Å². The van der Waals surface area contributed by atoms with Gasteiger partial charge in [0.2, 0.25) is 12.7 Å². The number of methoxy groups -OCH3 is 1. The Hall–Kier alpha value is -3.20. The minimum Gasteiger partial charge on any atom is -0.496 e. The van der Waals surface area contributed by atoms with Crippen LogP contribution >= 0.6 is 11.8 Å². The van der Waals surface area contributed by atoms with Crippen molar-refractivity contribution in [3.05, 3.63) is 45.9 Å². The lowest BCUT2D eigenvalue weighted by Gasteiger charge is -2.28. The molecule has 0 saturated heterocycles. The summed E-state index contributed by atoms with van der Waals surface area (Å²) in [5.74, 6) is 1.27. The summed E-state index contributed by atoms with van der Waals surface area (Å²) >= 11 is 1.30. The Bertz CT molecular complexity index is 1210. The van der Waals surface area contributed by atoms with Crippen LogP contribution in [0.3, 0.4) is 0 Å². The zero-order chi connectivity index (χ0) is 19.4. The normalized spacial score (nSPS) is 16.1. The van der Waals surface area contributed by atoms with Gasteiger partial charge in [0, 0.05) is 16.5 Å². The Labute approximate surface area is 162 Å². The second-order valence-electron chi connectivity index (χ2n) is 6.34. The van der Waals surface area contributed by atoms with E-state index in [1.54, 1.807) is 13.2 Å². The first-order valence-corrected chi connectivity index (χ1v) is 9.48. The quantitative estimate of drug-likeness (QED) is 0.712. The van der Waals surface area contributed by atoms with E-state index >= 15 is 0 Å². The molecule has 1 atom stereocenters. The molecule has 8 nitrogen and oxygen atoms in total. The van der Waals surface area contributed by atoms with Gasteiger partial charge >= 0.3 is 5.63 Å². The Morgan fingerprint density at radius 2 is 2.25 bits per heavy atom. The number of rotatable bonds is 4. The van der Waals surface area contributed by atoms with Gasteiger partial charge in [-0.25, -0.2) is 4.79 Å². The number of benzene rings is 2. The summed E-state index contributed by atoms with van der Waals surface area (Å²) in [6.07, 6.45) is 0. The molecule has 142 valence electrons. The average molecular weight is 398 g/mol. The molecule has 0 radical (unpaired) electrons. The number of carbonyl (C=O) groups is 1. The third-order valence-electron chi connectivity index (χ3n) is 4.82. The summed E-state index contributed by atoms with van der Waals surface area (Å²) in [5.41, 5.74) is 7.68. The minimum atomic E-state index is -0.566. The van der Waals surface area contributed by atoms with E-state index in [4.69, 9.17) is 24.5 Å². The number of primary amides is 1. The maximum atomic E-state index is 12.4. The summed E-state index contributed by atoms with van der Waals surface area (Å²) in [4.78, 5) is 23.8. The van der Waals surface area contributed by atoms with Gasteiger partial charge in [-0.2, -0.15) is 0 Å². The second kappa shape index (κ2) is 6.16. The zero-order valence-electron chi connectivity index (χ0n) is 14.7. The van der Waals surface area contributed by atoms with Crippen molar-refractivity contribution in [2.45, 2.75) is 5.25 Å². The summed E-state index contributed by atoms with van der Waals surface area (Å²) in [5, 5.41) is 4.66. The molecule has 0 spiro atoms. The maximum absolute atomic E-state index is 12.4. The van der Waals surface area contributed by atoms with Crippen molar-refractivity contribution in [1.29, 1.82) is 0 Å². The molecule has 1 aromatic heterocycles. The van der Waals surface area contributed by atoms with Crippen molar-refractivity contribution in [2.75, 3.05) is 19.7 Å². The molecule has 0 bridgehead atoms. The van der Waals surface area contributed by atoms with Gasteiger partial charge in [-0.15, -0.1) is 11.8 Å². The number of carbonyl (C=O) groups excluding carboxylic acids is 1. The summed E-state index contributed by atoms with van der Waals surface area (Å²) < 4.78 is 21.9. The van der Waals surface area contributed by atoms with Crippen LogP contribution in [-0.4, -0.2) is 30.7 Å². The first-order valence-electron chi connectivity index (χ1n) is 8.43. The van der Waals surface area contributed by atoms with Crippen molar-refractivity contribution in [1.82, 2.24) is 5.16 Å². The number of nitrogens with zero attached hydrogens (tertiary/aromatic N) is 1. The van der Waals surface area contributed by atoms with Crippen LogP contribution in [0.4, 0.5) is 0 Å². The Morgan fingerprint density at radius 3 is 3.04 bits per heavy atom. The van der Waals surface area contributed by atoms with E-state index in [1.807, 2.05) is 18.2 Å². The van der Waals surface area contributed by atoms with E-state index < -0.39 is 16.8 Å². The van der Waals surface area contributed by atoms with Crippen LogP contribution in [0, 0.1) is 0 Å². The highest BCUT2D eigenvalue weighted by Crippen LogP contribution is 2.56. The van der Waals surface area contributed by atoms with Gasteiger partial charge < -0.3 is 24.5 Å². The van der Waals surface area contributed by atoms with E-state index in [-0.39, 0.29) is 12.5 Å². The lowest BCUT2D eigenvalue weighted by atomic mass is 9.85. The lowest BCUT2D eigenvalue weighted by molar-refractivity contribution is -0.115. The third-order valence-corrected chi connectivity index (χ3v) is 6.07. The predicted molar refractivity (Wildman–Crippen MR) is 102 cm³/mol. The SMILES string of the molecule is COc1cccc2c1C(SCC(N)=O)c1noc(=O)c3cc4c(c-2c13)OCO4. The average Bonchev–Trinajstić information content (AvgIpc) is 3.16. The first kappa shape index (κ1) is 16.9. The van der Waals surface area contributed by atoms with Crippen molar-refractivity contribution >= 4 is 28.4 Å². The highest BCUT2D eigenvalue weighted by atomic mass is 32.2. The topological polar surface area (TPSA) is 114 Å². The molecule has 1 unspecified atom stereocenters. The maximum Gasteiger partial charge on any atom is 0.366 e. The number of thioether (sulfide) groups is 1. The van der Waals surface area contributed by atoms with Crippen molar-refractivity contribution in [3.63, 3.8) is 0 Å². The van der Waals surface area contributed by atoms with Crippen LogP contribution in [0.15, 0.2) is 33.6 Å². The molecule has 0 saturated carbocycles. The van der Waals surface area contributed by atoms with Gasteiger partial charge in [-0.1, -0.05) is 17.3 Å². The molecule has 2 N–H and O–H groups in total. The van der Waals surface area contributed by atoms with Gasteiger partial charge in [0.1, 0.15) is 11.4 Å². The van der Waals surface area contributed by atoms with Crippen LogP contribution in [-0.2, 0) is 4.79 Å². The largest absolute Gasteiger partial charge is 0.496 e. The van der Waals surface area contributed by atoms with Crippen molar-refractivity contribution < 1.29 is 23.5 Å². The minimum absolute atomic E-state index is 0.0614. The van der Waals surface area contributed by atoms with Crippen molar-refractivity contribution in [2.24, 2.45) is 5.73 Å². The van der Waals surface area contributed by atoms with Gasteiger partial charge in [-0.3, -0.25) is 4.79 Å². The van der Waals surface area contributed by atoms with Crippen LogP contribution in [0.1, 0.15) is 16.5 Å². The molecular formula is C19H14N2O6S. The summed E-state index contributed by atoms with van der Waals surface area (Å²) in [6.45, 7) is 0.0614. The van der Waals surface area contributed by atoms with E-state index in [9.17, 15) is 9.59 Å². The molecule has 2 heterocycles. The molecule has 2 aromatic carbocycles. The van der Waals surface area contributed by atoms with Crippen LogP contribution in [0.5, 0.6) is 17.2 Å². The fourth-order valence-corrected chi connectivity index (χ4v) is 4.83. The molecule has 1 aliphatic heterocycles. The third kappa shape index (κ3) is 2.29. The smallest absolute Gasteiger partial charge is 0.366 e. The zero-order valence-corrected chi connectivity index (χ0v) is 15.5. The summed E-state index contributed by atoms with van der Waals surface area (Å²) in [6, 6.07) is 7.22. The van der Waals surface area contributed by atoms with E-state index in [0.717, 1.165) is 11.1 Å². The fourth-order valence-electron chi connectivity index (χ4n) is 3.77. The molecule has 0 fully saturated rings. The highest BCUT2D eigenvalue weighted by molar-refractivity contribution is 8.00. The molecule has 1 amide bonds. The van der Waals surface area contributed by atoms with E-state index in [1.165, 1.54) is 11.8 Å². The van der Waals surface area contributed by atoms with E-state index in [0.29, 0.717) is 39.3 Å². The fraction of sp³-hybridized carbons (Fsp3) is 0.211. The molecule has 9 heteroatoms. The first-order chi connectivity index (χ1) is 13.6. The number of nitrogens with two attached hydrogens (primary N) is 1. The predicted octanol–water partition coefficient (Wildman–Crippen LogP) is 2.21. The lowest BCUT2D eigenvalue weighted by Crippen LogP contribution is -2.18. The molecule has 28 heavy (non-hydrogen) atoms. The number of amides is 1. The van der Waals surface area contributed by atoms with Gasteiger partial charge in [0.05, 0.1) is 23.5 Å². The number of ether oxygens (including phenoxy) is 3. The molecule has 3 aromatic rings. The number of hydrogen-bond acceptors (Lipinski definition) is 8. The Balaban J connectivity index is 1.92. The highest BCUT2D eigenvalue weighted by Gasteiger charge is 2.37. The number of hydrogen-bond donors (Lipinski definition) is 1. The Kier molecular flexibility index (Phi) is 3.73. The monoisotopic (exact) mass is 398 g/mol. The van der Waals surface area contributed by atoms with E-state index in [2.05, 4.69) is 5.16 Å². The van der Waals surface area contributed by atoms with Gasteiger partial charge in [-0.05, 0) is 17.7 Å². The standard InChI is InChI=1S/C19H14N2O6S/c1-24-10-4-2-3-8-13(10)18(28-6-12(20)22)16-14-9(19(23)27-21-16)5-11-17(15(8)14)26-7-25-11/h2-5,18H,6-7H2,1H3,(H2,20,22).